The van der Waals surface area contributed by atoms with Crippen LogP contribution in [0, 0.1) is 12.8 Å². The van der Waals surface area contributed by atoms with E-state index in [2.05, 4.69) is 0 Å². The Morgan fingerprint density at radius 3 is 2.61 bits per heavy atom. The predicted molar refractivity (Wildman–Crippen MR) is 128 cm³/mol. The van der Waals surface area contributed by atoms with E-state index in [9.17, 15) is 9.59 Å². The summed E-state index contributed by atoms with van der Waals surface area (Å²) in [6, 6.07) is 8.18. The molecule has 0 fully saturated rings. The minimum atomic E-state index is -0.779. The van der Waals surface area contributed by atoms with Gasteiger partial charge in [-0.1, -0.05) is 25.4 Å². The molecular weight excluding hydrogens is 444 g/mol. The van der Waals surface area contributed by atoms with Gasteiger partial charge in [0.1, 0.15) is 11.5 Å². The molecule has 1 aliphatic rings. The number of methoxy groups -OCH3 is 1. The summed E-state index contributed by atoms with van der Waals surface area (Å²) >= 11 is 6.47. The number of fused-ring (bicyclic) bond motifs is 1. The molecule has 2 aromatic rings. The molecule has 0 spiro atoms. The van der Waals surface area contributed by atoms with E-state index in [0.29, 0.717) is 11.6 Å². The number of rotatable bonds is 7. The number of anilines is 1. The fourth-order valence-electron chi connectivity index (χ4n) is 3.86. The van der Waals surface area contributed by atoms with Gasteiger partial charge in [-0.15, -0.1) is 0 Å². The molecule has 0 unspecified atom stereocenters. The summed E-state index contributed by atoms with van der Waals surface area (Å²) in [4.78, 5) is 26.8. The third kappa shape index (κ3) is 6.18. The zero-order valence-electron chi connectivity index (χ0n) is 19.5. The third-order valence-corrected chi connectivity index (χ3v) is 5.88. The first-order valence-corrected chi connectivity index (χ1v) is 11.4. The maximum atomic E-state index is 13.2. The Labute approximate surface area is 199 Å². The Bertz CT molecular complexity index is 1000. The first kappa shape index (κ1) is 24.9. The monoisotopic (exact) mass is 474 g/mol. The van der Waals surface area contributed by atoms with Crippen molar-refractivity contribution in [2.75, 3.05) is 25.2 Å². The van der Waals surface area contributed by atoms with Crippen molar-refractivity contribution in [3.05, 3.63) is 52.0 Å². The number of nitrogens with zero attached hydrogens (tertiary/aromatic N) is 1. The number of hydrogen-bond donors (Lipinski definition) is 1. The van der Waals surface area contributed by atoms with Gasteiger partial charge in [-0.3, -0.25) is 4.79 Å². The van der Waals surface area contributed by atoms with E-state index >= 15 is 0 Å². The molecule has 0 bridgehead atoms. The molecule has 3 rings (SSSR count). The van der Waals surface area contributed by atoms with Gasteiger partial charge in [0.05, 0.1) is 19.8 Å². The lowest BCUT2D eigenvalue weighted by atomic mass is 9.97. The van der Waals surface area contributed by atoms with Crippen LogP contribution in [0.3, 0.4) is 0 Å². The van der Waals surface area contributed by atoms with Gasteiger partial charge >= 0.3 is 6.16 Å². The highest BCUT2D eigenvalue weighted by molar-refractivity contribution is 6.31. The maximum Gasteiger partial charge on any atom is 0.513 e. The largest absolute Gasteiger partial charge is 0.513 e. The predicted octanol–water partition coefficient (Wildman–Crippen LogP) is 4.68. The van der Waals surface area contributed by atoms with Crippen LogP contribution < -0.4 is 20.1 Å². The summed E-state index contributed by atoms with van der Waals surface area (Å²) in [6.45, 7) is 6.60. The van der Waals surface area contributed by atoms with Gasteiger partial charge in [-0.25, -0.2) is 4.79 Å². The Morgan fingerprint density at radius 2 is 1.94 bits per heavy atom. The Kier molecular flexibility index (Phi) is 8.21. The summed E-state index contributed by atoms with van der Waals surface area (Å²) < 4.78 is 15.6. The average molecular weight is 475 g/mol. The molecule has 8 heteroatoms. The molecule has 0 saturated heterocycles. The van der Waals surface area contributed by atoms with Crippen molar-refractivity contribution in [2.24, 2.45) is 11.7 Å². The topological polar surface area (TPSA) is 91.1 Å². The number of carbonyl (C=O) groups is 2. The zero-order chi connectivity index (χ0) is 24.1. The van der Waals surface area contributed by atoms with E-state index < -0.39 is 12.2 Å². The van der Waals surface area contributed by atoms with E-state index in [4.69, 9.17) is 31.5 Å². The number of aryl methyl sites for hydroxylation is 2. The smallest absolute Gasteiger partial charge is 0.497 e. The highest BCUT2D eigenvalue weighted by Crippen LogP contribution is 2.32. The molecule has 0 aromatic heterocycles. The number of hydrogen-bond acceptors (Lipinski definition) is 6. The van der Waals surface area contributed by atoms with Crippen LogP contribution in [-0.2, 0) is 22.4 Å². The van der Waals surface area contributed by atoms with Gasteiger partial charge < -0.3 is 24.8 Å². The second kappa shape index (κ2) is 10.9. The standard InChI is InChI=1S/C25H31ClN2O5/c1-15(2)14-32-25(30)33-19-10-16(3)20(21(26)12-19)13-22(27)24(29)28-9-5-6-17-11-18(31-4)7-8-23(17)28/h7-8,10-12,15,22H,5-6,9,13-14,27H2,1-4H3/t22-/m0/s1. The third-order valence-electron chi connectivity index (χ3n) is 5.54. The lowest BCUT2D eigenvalue weighted by Gasteiger charge is -2.32. The van der Waals surface area contributed by atoms with E-state index in [1.54, 1.807) is 24.1 Å². The second-order valence-corrected chi connectivity index (χ2v) is 9.06. The van der Waals surface area contributed by atoms with Gasteiger partial charge in [0.15, 0.2) is 0 Å². The second-order valence-electron chi connectivity index (χ2n) is 8.66. The maximum absolute atomic E-state index is 13.2. The van der Waals surface area contributed by atoms with Gasteiger partial charge in [-0.2, -0.15) is 0 Å². The molecule has 1 atom stereocenters. The van der Waals surface area contributed by atoms with Crippen LogP contribution in [0.25, 0.3) is 0 Å². The molecule has 2 N–H and O–H groups in total. The number of ether oxygens (including phenoxy) is 3. The molecule has 0 saturated carbocycles. The molecule has 178 valence electrons. The molecule has 7 nitrogen and oxygen atoms in total. The fraction of sp³-hybridized carbons (Fsp3) is 0.440. The average Bonchev–Trinajstić information content (AvgIpc) is 2.78. The quantitative estimate of drug-likeness (QED) is 0.463. The van der Waals surface area contributed by atoms with Crippen molar-refractivity contribution in [2.45, 2.75) is 46.1 Å². The molecule has 1 amide bonds. The molecule has 33 heavy (non-hydrogen) atoms. The molecular formula is C25H31ClN2O5. The number of carbonyl (C=O) groups excluding carboxylic acids is 2. The van der Waals surface area contributed by atoms with Crippen molar-refractivity contribution < 1.29 is 23.8 Å². The zero-order valence-corrected chi connectivity index (χ0v) is 20.3. The normalized spacial score (nSPS) is 14.0. The summed E-state index contributed by atoms with van der Waals surface area (Å²) in [5.41, 5.74) is 9.80. The Balaban J connectivity index is 1.71. The molecule has 2 aromatic carbocycles. The number of halogens is 1. The minimum Gasteiger partial charge on any atom is -0.497 e. The van der Waals surface area contributed by atoms with Crippen molar-refractivity contribution in [1.82, 2.24) is 0 Å². The number of nitrogens with two attached hydrogens (primary N) is 1. The van der Waals surface area contributed by atoms with E-state index in [-0.39, 0.29) is 30.6 Å². The van der Waals surface area contributed by atoms with Crippen LogP contribution in [0.4, 0.5) is 10.5 Å². The lowest BCUT2D eigenvalue weighted by Crippen LogP contribution is -2.47. The van der Waals surface area contributed by atoms with Crippen LogP contribution in [0.1, 0.15) is 37.0 Å². The lowest BCUT2D eigenvalue weighted by molar-refractivity contribution is -0.119. The van der Waals surface area contributed by atoms with Crippen LogP contribution in [0.5, 0.6) is 11.5 Å². The minimum absolute atomic E-state index is 0.158. The highest BCUT2D eigenvalue weighted by atomic mass is 35.5. The van der Waals surface area contributed by atoms with E-state index in [0.717, 1.165) is 41.0 Å². The Morgan fingerprint density at radius 1 is 1.18 bits per heavy atom. The van der Waals surface area contributed by atoms with Crippen molar-refractivity contribution in [3.8, 4) is 11.5 Å². The summed E-state index contributed by atoms with van der Waals surface area (Å²) in [6.07, 6.45) is 1.23. The summed E-state index contributed by atoms with van der Waals surface area (Å²) in [5.74, 6) is 1.10. The van der Waals surface area contributed by atoms with E-state index in [1.807, 2.05) is 39.0 Å². The highest BCUT2D eigenvalue weighted by Gasteiger charge is 2.28. The van der Waals surface area contributed by atoms with Crippen LogP contribution in [-0.4, -0.2) is 38.4 Å². The molecule has 0 radical (unpaired) electrons. The Hall–Kier alpha value is -2.77. The van der Waals surface area contributed by atoms with Crippen molar-refractivity contribution >= 4 is 29.4 Å². The van der Waals surface area contributed by atoms with Crippen molar-refractivity contribution in [1.29, 1.82) is 0 Å². The van der Waals surface area contributed by atoms with Gasteiger partial charge in [0.25, 0.3) is 0 Å². The van der Waals surface area contributed by atoms with Gasteiger partial charge in [0, 0.05) is 17.3 Å². The fourth-order valence-corrected chi connectivity index (χ4v) is 4.19. The first-order valence-electron chi connectivity index (χ1n) is 11.1. The van der Waals surface area contributed by atoms with Gasteiger partial charge in [0.2, 0.25) is 5.91 Å². The summed E-state index contributed by atoms with van der Waals surface area (Å²) in [5, 5.41) is 0.383. The molecule has 1 aliphatic heterocycles. The SMILES string of the molecule is COc1ccc2c(c1)CCCN2C(=O)[C@@H](N)Cc1c(C)cc(OC(=O)OCC(C)C)cc1Cl. The first-order chi connectivity index (χ1) is 15.7. The molecule has 1 heterocycles. The summed E-state index contributed by atoms with van der Waals surface area (Å²) in [7, 11) is 1.63. The van der Waals surface area contributed by atoms with Gasteiger partial charge in [-0.05, 0) is 79.1 Å². The number of amides is 1. The van der Waals surface area contributed by atoms with Crippen LogP contribution in [0.15, 0.2) is 30.3 Å². The van der Waals surface area contributed by atoms with Crippen LogP contribution >= 0.6 is 11.6 Å². The van der Waals surface area contributed by atoms with Crippen molar-refractivity contribution in [3.63, 3.8) is 0 Å². The molecule has 0 aliphatic carbocycles. The number of benzene rings is 2. The van der Waals surface area contributed by atoms with Crippen LogP contribution in [0.2, 0.25) is 5.02 Å². The van der Waals surface area contributed by atoms with E-state index in [1.165, 1.54) is 0 Å².